The second-order valence-electron chi connectivity index (χ2n) is 8.58. The lowest BCUT2D eigenvalue weighted by Gasteiger charge is -2.17. The first-order chi connectivity index (χ1) is 17.5. The predicted molar refractivity (Wildman–Crippen MR) is 141 cm³/mol. The maximum absolute atomic E-state index is 13.1. The van der Waals surface area contributed by atoms with E-state index in [-0.39, 0.29) is 18.1 Å². The lowest BCUT2D eigenvalue weighted by molar-refractivity contribution is -0.123. The normalized spacial score (nSPS) is 14.2. The van der Waals surface area contributed by atoms with E-state index in [0.29, 0.717) is 31.1 Å². The van der Waals surface area contributed by atoms with Crippen LogP contribution in [0.2, 0.25) is 0 Å². The van der Waals surface area contributed by atoms with Gasteiger partial charge < -0.3 is 14.8 Å². The number of ether oxygens (including phenoxy) is 2. The zero-order valence-electron chi connectivity index (χ0n) is 20.6. The number of amides is 3. The Bertz CT molecular complexity index is 1300. The standard InChI is InChI=1S/C30H30N2O4/c1-4-10-25-16-24(18-27(35-5-2)28(25)36-20-22-12-7-6-8-13-22)17-26-29(33)32(30(34)31-26)19-23-14-9-11-21(3)15-23/h4,6-9,11-18H,1,5,10,19-20H2,2-3H3,(H,31,34)/b26-17+. The van der Waals surface area contributed by atoms with Crippen molar-refractivity contribution in [3.05, 3.63) is 113 Å². The Hall–Kier alpha value is -4.32. The minimum absolute atomic E-state index is 0.210. The van der Waals surface area contributed by atoms with Crippen molar-refractivity contribution >= 4 is 18.0 Å². The summed E-state index contributed by atoms with van der Waals surface area (Å²) in [5.74, 6) is 0.854. The zero-order valence-corrected chi connectivity index (χ0v) is 20.6. The molecule has 36 heavy (non-hydrogen) atoms. The third kappa shape index (κ3) is 5.84. The Morgan fingerprint density at radius 2 is 1.75 bits per heavy atom. The molecule has 0 spiro atoms. The Morgan fingerprint density at radius 3 is 2.47 bits per heavy atom. The van der Waals surface area contributed by atoms with E-state index < -0.39 is 6.03 Å². The molecular weight excluding hydrogens is 452 g/mol. The Balaban J connectivity index is 1.61. The van der Waals surface area contributed by atoms with Crippen LogP contribution in [0.3, 0.4) is 0 Å². The van der Waals surface area contributed by atoms with E-state index in [0.717, 1.165) is 27.8 Å². The third-order valence-electron chi connectivity index (χ3n) is 5.74. The van der Waals surface area contributed by atoms with Crippen LogP contribution < -0.4 is 14.8 Å². The second kappa shape index (κ2) is 11.4. The van der Waals surface area contributed by atoms with E-state index >= 15 is 0 Å². The molecule has 0 aromatic heterocycles. The second-order valence-corrected chi connectivity index (χ2v) is 8.58. The van der Waals surface area contributed by atoms with Crippen LogP contribution in [0.1, 0.15) is 34.7 Å². The number of hydrogen-bond donors (Lipinski definition) is 1. The van der Waals surface area contributed by atoms with Gasteiger partial charge in [0.1, 0.15) is 12.3 Å². The van der Waals surface area contributed by atoms with Crippen LogP contribution in [-0.2, 0) is 24.4 Å². The molecule has 0 atom stereocenters. The molecule has 4 rings (SSSR count). The van der Waals surface area contributed by atoms with Crippen molar-refractivity contribution in [3.63, 3.8) is 0 Å². The number of hydrogen-bond acceptors (Lipinski definition) is 4. The first-order valence-electron chi connectivity index (χ1n) is 12.0. The molecule has 1 aliphatic heterocycles. The first kappa shape index (κ1) is 24.8. The van der Waals surface area contributed by atoms with Crippen molar-refractivity contribution in [3.8, 4) is 11.5 Å². The summed E-state index contributed by atoms with van der Waals surface area (Å²) in [6.45, 7) is 8.82. The molecule has 0 saturated carbocycles. The van der Waals surface area contributed by atoms with E-state index in [1.165, 1.54) is 4.90 Å². The summed E-state index contributed by atoms with van der Waals surface area (Å²) in [5.41, 5.74) is 4.84. The van der Waals surface area contributed by atoms with Crippen molar-refractivity contribution in [2.45, 2.75) is 33.4 Å². The highest BCUT2D eigenvalue weighted by Gasteiger charge is 2.33. The van der Waals surface area contributed by atoms with Crippen molar-refractivity contribution in [2.75, 3.05) is 6.61 Å². The fraction of sp³-hybridized carbons (Fsp3) is 0.200. The largest absolute Gasteiger partial charge is 0.490 e. The van der Waals surface area contributed by atoms with Crippen molar-refractivity contribution in [1.29, 1.82) is 0 Å². The quantitative estimate of drug-likeness (QED) is 0.225. The van der Waals surface area contributed by atoms with Crippen LogP contribution in [0.5, 0.6) is 11.5 Å². The van der Waals surface area contributed by atoms with E-state index in [2.05, 4.69) is 11.9 Å². The number of carbonyl (C=O) groups is 2. The third-order valence-corrected chi connectivity index (χ3v) is 5.74. The van der Waals surface area contributed by atoms with Crippen LogP contribution in [0, 0.1) is 6.92 Å². The minimum atomic E-state index is -0.438. The Labute approximate surface area is 211 Å². The van der Waals surface area contributed by atoms with Gasteiger partial charge in [-0.1, -0.05) is 66.2 Å². The molecule has 6 nitrogen and oxygen atoms in total. The van der Waals surface area contributed by atoms with Crippen LogP contribution in [-0.4, -0.2) is 23.4 Å². The highest BCUT2D eigenvalue weighted by molar-refractivity contribution is 6.13. The number of imide groups is 1. The summed E-state index contributed by atoms with van der Waals surface area (Å²) < 4.78 is 12.1. The van der Waals surface area contributed by atoms with E-state index in [4.69, 9.17) is 9.47 Å². The molecule has 184 valence electrons. The number of aryl methyl sites for hydroxylation is 1. The van der Waals surface area contributed by atoms with Gasteiger partial charge in [0, 0.05) is 5.56 Å². The Morgan fingerprint density at radius 1 is 0.972 bits per heavy atom. The summed E-state index contributed by atoms with van der Waals surface area (Å²) in [7, 11) is 0. The van der Waals surface area contributed by atoms with Gasteiger partial charge in [-0.3, -0.25) is 9.69 Å². The summed E-state index contributed by atoms with van der Waals surface area (Å²) >= 11 is 0. The summed E-state index contributed by atoms with van der Waals surface area (Å²) in [4.78, 5) is 26.9. The summed E-state index contributed by atoms with van der Waals surface area (Å²) in [6, 6.07) is 21.0. The molecule has 3 amide bonds. The van der Waals surface area contributed by atoms with Gasteiger partial charge in [0.2, 0.25) is 0 Å². The molecule has 3 aromatic carbocycles. The number of rotatable bonds is 10. The molecule has 3 aromatic rings. The molecule has 1 saturated heterocycles. The molecular formula is C30H30N2O4. The molecule has 0 bridgehead atoms. The van der Waals surface area contributed by atoms with Crippen LogP contribution in [0.4, 0.5) is 4.79 Å². The molecule has 1 aliphatic rings. The van der Waals surface area contributed by atoms with Crippen LogP contribution in [0.15, 0.2) is 85.1 Å². The number of nitrogens with one attached hydrogen (secondary N) is 1. The van der Waals surface area contributed by atoms with E-state index in [9.17, 15) is 9.59 Å². The highest BCUT2D eigenvalue weighted by atomic mass is 16.5. The molecule has 1 fully saturated rings. The molecule has 1 N–H and O–H groups in total. The summed E-state index contributed by atoms with van der Waals surface area (Å²) in [6.07, 6.45) is 4.02. The topological polar surface area (TPSA) is 67.9 Å². The number of urea groups is 1. The zero-order chi connectivity index (χ0) is 25.5. The van der Waals surface area contributed by atoms with Crippen molar-refractivity contribution < 1.29 is 19.1 Å². The van der Waals surface area contributed by atoms with Gasteiger partial charge in [-0.25, -0.2) is 4.79 Å². The van der Waals surface area contributed by atoms with Crippen molar-refractivity contribution in [2.24, 2.45) is 0 Å². The fourth-order valence-electron chi connectivity index (χ4n) is 4.11. The first-order valence-corrected chi connectivity index (χ1v) is 12.0. The van der Waals surface area contributed by atoms with Crippen molar-refractivity contribution in [1.82, 2.24) is 10.2 Å². The average molecular weight is 483 g/mol. The van der Waals surface area contributed by atoms with Crippen LogP contribution >= 0.6 is 0 Å². The highest BCUT2D eigenvalue weighted by Crippen LogP contribution is 2.35. The number of carbonyl (C=O) groups excluding carboxylic acids is 2. The van der Waals surface area contributed by atoms with E-state index in [1.807, 2.05) is 80.6 Å². The number of allylic oxidation sites excluding steroid dienone is 1. The number of benzene rings is 3. The van der Waals surface area contributed by atoms with E-state index in [1.54, 1.807) is 12.2 Å². The minimum Gasteiger partial charge on any atom is -0.490 e. The summed E-state index contributed by atoms with van der Waals surface area (Å²) in [5, 5.41) is 2.71. The maximum atomic E-state index is 13.1. The number of nitrogens with zero attached hydrogens (tertiary/aromatic N) is 1. The average Bonchev–Trinajstić information content (AvgIpc) is 3.12. The van der Waals surface area contributed by atoms with Gasteiger partial charge in [0.15, 0.2) is 11.5 Å². The van der Waals surface area contributed by atoms with Gasteiger partial charge >= 0.3 is 6.03 Å². The fourth-order valence-corrected chi connectivity index (χ4v) is 4.11. The maximum Gasteiger partial charge on any atom is 0.329 e. The lowest BCUT2D eigenvalue weighted by Crippen LogP contribution is -2.30. The lowest BCUT2D eigenvalue weighted by atomic mass is 10.0. The predicted octanol–water partition coefficient (Wildman–Crippen LogP) is 5.79. The molecule has 6 heteroatoms. The van der Waals surface area contributed by atoms with Gasteiger partial charge in [0.05, 0.1) is 13.2 Å². The smallest absolute Gasteiger partial charge is 0.329 e. The van der Waals surface area contributed by atoms with Gasteiger partial charge in [0.25, 0.3) is 5.91 Å². The SMILES string of the molecule is C=CCc1cc(/C=C2/NC(=O)N(Cc3cccc(C)c3)C2=O)cc(OCC)c1OCc1ccccc1. The van der Waals surface area contributed by atoms with Gasteiger partial charge in [-0.05, 0) is 55.2 Å². The van der Waals surface area contributed by atoms with Crippen LogP contribution in [0.25, 0.3) is 6.08 Å². The monoisotopic (exact) mass is 482 g/mol. The molecule has 0 radical (unpaired) electrons. The molecule has 0 unspecified atom stereocenters. The van der Waals surface area contributed by atoms with Gasteiger partial charge in [-0.2, -0.15) is 0 Å². The molecule has 1 heterocycles. The Kier molecular flexibility index (Phi) is 7.85. The molecule has 0 aliphatic carbocycles. The van der Waals surface area contributed by atoms with Gasteiger partial charge in [-0.15, -0.1) is 6.58 Å².